The second kappa shape index (κ2) is 6.67. The number of carbonyl (C=O) groups excluding carboxylic acids is 1. The van der Waals surface area contributed by atoms with Crippen LogP contribution < -0.4 is 0 Å². The number of benzene rings is 2. The Morgan fingerprint density at radius 1 is 0.880 bits per heavy atom. The molecule has 126 valence electrons. The highest BCUT2D eigenvalue weighted by Crippen LogP contribution is 2.33. The number of rotatable bonds is 3. The van der Waals surface area contributed by atoms with Gasteiger partial charge in [0.05, 0.1) is 11.6 Å². The Labute approximate surface area is 147 Å². The summed E-state index contributed by atoms with van der Waals surface area (Å²) >= 11 is 0. The number of allylic oxidation sites excluding steroid dienone is 2. The van der Waals surface area contributed by atoms with E-state index in [1.165, 1.54) is 11.1 Å². The normalized spacial score (nSPS) is 21.1. The minimum absolute atomic E-state index is 0.0168. The highest BCUT2D eigenvalue weighted by molar-refractivity contribution is 6.14. The summed E-state index contributed by atoms with van der Waals surface area (Å²) in [5.41, 5.74) is 4.16. The summed E-state index contributed by atoms with van der Waals surface area (Å²) in [6, 6.07) is 18.5. The van der Waals surface area contributed by atoms with E-state index in [-0.39, 0.29) is 23.5 Å². The first-order chi connectivity index (χ1) is 12.2. The molecule has 0 saturated carbocycles. The monoisotopic (exact) mass is 331 g/mol. The Kier molecular flexibility index (Phi) is 4.22. The van der Waals surface area contributed by atoms with E-state index < -0.39 is 0 Å². The van der Waals surface area contributed by atoms with E-state index in [0.29, 0.717) is 18.4 Å². The van der Waals surface area contributed by atoms with Crippen molar-refractivity contribution < 1.29 is 9.90 Å². The van der Waals surface area contributed by atoms with Crippen LogP contribution in [0.3, 0.4) is 0 Å². The van der Waals surface area contributed by atoms with Gasteiger partial charge in [-0.3, -0.25) is 9.79 Å². The first-order valence-electron chi connectivity index (χ1n) is 8.81. The molecule has 2 aromatic carbocycles. The molecule has 3 nitrogen and oxygen atoms in total. The number of aliphatic imine (C=N–C) groups is 1. The maximum Gasteiger partial charge on any atom is 0.168 e. The molecule has 0 aliphatic heterocycles. The van der Waals surface area contributed by atoms with E-state index in [0.717, 1.165) is 18.4 Å². The topological polar surface area (TPSA) is 49.7 Å². The second-order valence-electron chi connectivity index (χ2n) is 6.91. The van der Waals surface area contributed by atoms with Gasteiger partial charge in [-0.05, 0) is 35.4 Å². The number of hydrogen-bond donors (Lipinski definition) is 1. The van der Waals surface area contributed by atoms with Crippen molar-refractivity contribution in [3.05, 3.63) is 82.6 Å². The van der Waals surface area contributed by atoms with Crippen LogP contribution in [-0.2, 0) is 17.6 Å². The van der Waals surface area contributed by atoms with E-state index in [9.17, 15) is 9.90 Å². The number of aliphatic hydroxyl groups excluding tert-OH is 1. The standard InChI is InChI=1S/C22H21NO2/c24-21-12-18(15-6-2-1-3-7-15)13-22(25)20(21)14-23-19-10-16-8-4-5-9-17(16)11-19/h1-9,14,18-19,24H,10-13H2. The number of carbonyl (C=O) groups is 1. The van der Waals surface area contributed by atoms with Crippen LogP contribution in [0, 0.1) is 0 Å². The first kappa shape index (κ1) is 15.8. The van der Waals surface area contributed by atoms with Crippen molar-refractivity contribution in [1.82, 2.24) is 0 Å². The number of ketones is 1. The molecule has 0 aromatic heterocycles. The molecule has 25 heavy (non-hydrogen) atoms. The Morgan fingerprint density at radius 2 is 1.52 bits per heavy atom. The highest BCUT2D eigenvalue weighted by atomic mass is 16.3. The van der Waals surface area contributed by atoms with Gasteiger partial charge in [-0.25, -0.2) is 0 Å². The number of nitrogens with zero attached hydrogens (tertiary/aromatic N) is 1. The molecule has 2 aliphatic rings. The second-order valence-corrected chi connectivity index (χ2v) is 6.91. The van der Waals surface area contributed by atoms with Crippen molar-refractivity contribution >= 4 is 12.0 Å². The Balaban J connectivity index is 1.48. The fraction of sp³-hybridized carbons (Fsp3) is 0.273. The van der Waals surface area contributed by atoms with E-state index in [4.69, 9.17) is 0 Å². The maximum atomic E-state index is 12.5. The molecule has 0 heterocycles. The zero-order valence-electron chi connectivity index (χ0n) is 14.1. The van der Waals surface area contributed by atoms with Crippen LogP contribution in [0.4, 0.5) is 0 Å². The molecule has 0 bridgehead atoms. The van der Waals surface area contributed by atoms with E-state index in [2.05, 4.69) is 17.1 Å². The van der Waals surface area contributed by atoms with E-state index >= 15 is 0 Å². The molecule has 3 heteroatoms. The lowest BCUT2D eigenvalue weighted by molar-refractivity contribution is -0.116. The Morgan fingerprint density at radius 3 is 2.16 bits per heavy atom. The lowest BCUT2D eigenvalue weighted by Gasteiger charge is -2.22. The first-order valence-corrected chi connectivity index (χ1v) is 8.81. The smallest absolute Gasteiger partial charge is 0.168 e. The zero-order chi connectivity index (χ0) is 17.2. The molecule has 1 atom stereocenters. The molecule has 1 unspecified atom stereocenters. The summed E-state index contributed by atoms with van der Waals surface area (Å²) in [5.74, 6) is 0.211. The number of aliphatic hydroxyl groups is 1. The molecule has 4 rings (SSSR count). The third kappa shape index (κ3) is 3.27. The largest absolute Gasteiger partial charge is 0.511 e. The van der Waals surface area contributed by atoms with Gasteiger partial charge in [0.2, 0.25) is 0 Å². The van der Waals surface area contributed by atoms with Crippen LogP contribution in [0.2, 0.25) is 0 Å². The molecule has 0 amide bonds. The van der Waals surface area contributed by atoms with Crippen molar-refractivity contribution in [2.75, 3.05) is 0 Å². The van der Waals surface area contributed by atoms with Crippen LogP contribution in [0.1, 0.15) is 35.4 Å². The van der Waals surface area contributed by atoms with Gasteiger partial charge in [0.1, 0.15) is 5.76 Å². The van der Waals surface area contributed by atoms with Gasteiger partial charge in [0.15, 0.2) is 5.78 Å². The molecule has 2 aromatic rings. The zero-order valence-corrected chi connectivity index (χ0v) is 14.1. The third-order valence-corrected chi connectivity index (χ3v) is 5.20. The summed E-state index contributed by atoms with van der Waals surface area (Å²) < 4.78 is 0. The maximum absolute atomic E-state index is 12.5. The Hall–Kier alpha value is -2.68. The van der Waals surface area contributed by atoms with Crippen LogP contribution in [-0.4, -0.2) is 23.1 Å². The average Bonchev–Trinajstić information content (AvgIpc) is 3.04. The van der Waals surface area contributed by atoms with Gasteiger partial charge in [0, 0.05) is 19.1 Å². The quantitative estimate of drug-likeness (QED) is 0.858. The van der Waals surface area contributed by atoms with Gasteiger partial charge in [-0.15, -0.1) is 0 Å². The molecule has 2 aliphatic carbocycles. The van der Waals surface area contributed by atoms with Crippen molar-refractivity contribution in [1.29, 1.82) is 0 Å². The van der Waals surface area contributed by atoms with Crippen molar-refractivity contribution in [2.24, 2.45) is 4.99 Å². The SMILES string of the molecule is O=C1CC(c2ccccc2)CC(O)=C1C=NC1Cc2ccccc2C1. The lowest BCUT2D eigenvalue weighted by Crippen LogP contribution is -2.20. The predicted octanol–water partition coefficient (Wildman–Crippen LogP) is 4.18. The summed E-state index contributed by atoms with van der Waals surface area (Å²) in [5, 5.41) is 10.4. The van der Waals surface area contributed by atoms with E-state index in [1.54, 1.807) is 6.21 Å². The van der Waals surface area contributed by atoms with Gasteiger partial charge in [-0.1, -0.05) is 54.6 Å². The van der Waals surface area contributed by atoms with Crippen molar-refractivity contribution in [3.63, 3.8) is 0 Å². The van der Waals surface area contributed by atoms with Crippen LogP contribution in [0.5, 0.6) is 0 Å². The minimum atomic E-state index is -0.0168. The molecule has 0 saturated heterocycles. The Bertz CT molecular complexity index is 826. The summed E-state index contributed by atoms with van der Waals surface area (Å²) in [6.45, 7) is 0. The number of Topliss-reactive ketones (excluding diaryl/α,β-unsaturated/α-hetero) is 1. The molecule has 0 spiro atoms. The summed E-state index contributed by atoms with van der Waals surface area (Å²) in [7, 11) is 0. The molecule has 0 radical (unpaired) electrons. The fourth-order valence-electron chi connectivity index (χ4n) is 3.84. The highest BCUT2D eigenvalue weighted by Gasteiger charge is 2.28. The number of hydrogen-bond acceptors (Lipinski definition) is 3. The molecular formula is C22H21NO2. The van der Waals surface area contributed by atoms with Gasteiger partial charge < -0.3 is 5.11 Å². The van der Waals surface area contributed by atoms with Crippen LogP contribution in [0.25, 0.3) is 0 Å². The fourth-order valence-corrected chi connectivity index (χ4v) is 3.84. The van der Waals surface area contributed by atoms with E-state index in [1.807, 2.05) is 42.5 Å². The average molecular weight is 331 g/mol. The van der Waals surface area contributed by atoms with Crippen LogP contribution in [0.15, 0.2) is 70.9 Å². The third-order valence-electron chi connectivity index (χ3n) is 5.20. The predicted molar refractivity (Wildman–Crippen MR) is 99.2 cm³/mol. The lowest BCUT2D eigenvalue weighted by atomic mass is 9.83. The molecular weight excluding hydrogens is 310 g/mol. The van der Waals surface area contributed by atoms with Crippen molar-refractivity contribution in [2.45, 2.75) is 37.6 Å². The molecule has 1 N–H and O–H groups in total. The van der Waals surface area contributed by atoms with Gasteiger partial charge in [-0.2, -0.15) is 0 Å². The van der Waals surface area contributed by atoms with Crippen LogP contribution >= 0.6 is 0 Å². The van der Waals surface area contributed by atoms with Gasteiger partial charge in [0.25, 0.3) is 0 Å². The van der Waals surface area contributed by atoms with Gasteiger partial charge >= 0.3 is 0 Å². The number of fused-ring (bicyclic) bond motifs is 1. The minimum Gasteiger partial charge on any atom is -0.511 e. The summed E-state index contributed by atoms with van der Waals surface area (Å²) in [4.78, 5) is 17.1. The van der Waals surface area contributed by atoms with Crippen molar-refractivity contribution in [3.8, 4) is 0 Å². The molecule has 0 fully saturated rings. The summed E-state index contributed by atoms with van der Waals surface area (Å²) in [6.07, 6.45) is 4.35.